The van der Waals surface area contributed by atoms with E-state index >= 15 is 0 Å². The highest BCUT2D eigenvalue weighted by atomic mass is 79.9. The number of carboxylic acid groups (broad SMARTS) is 1. The fourth-order valence-electron chi connectivity index (χ4n) is 2.73. The van der Waals surface area contributed by atoms with Crippen LogP contribution >= 0.6 is 15.9 Å². The van der Waals surface area contributed by atoms with Gasteiger partial charge >= 0.3 is 12.0 Å². The molecule has 2 amide bonds. The Hall–Kier alpha value is -1.56. The molecule has 1 aromatic carbocycles. The van der Waals surface area contributed by atoms with Crippen LogP contribution in [0.4, 0.5) is 4.79 Å². The number of aliphatic carboxylic acids is 1. The molecule has 1 atom stereocenters. The predicted molar refractivity (Wildman–Crippen MR) is 92.5 cm³/mol. The summed E-state index contributed by atoms with van der Waals surface area (Å²) in [5.74, 6) is -0.845. The number of rotatable bonds is 4. The van der Waals surface area contributed by atoms with Crippen molar-refractivity contribution in [2.45, 2.75) is 32.6 Å². The molecule has 0 aromatic heterocycles. The van der Waals surface area contributed by atoms with E-state index < -0.39 is 11.4 Å². The molecule has 2 N–H and O–H groups in total. The van der Waals surface area contributed by atoms with Gasteiger partial charge in [-0.2, -0.15) is 0 Å². The lowest BCUT2D eigenvalue weighted by molar-refractivity contribution is -0.147. The van der Waals surface area contributed by atoms with Crippen molar-refractivity contribution in [3.63, 3.8) is 0 Å². The first-order valence-corrected chi connectivity index (χ1v) is 8.46. The number of carbonyl (C=O) groups is 2. The van der Waals surface area contributed by atoms with Crippen LogP contribution in [0.25, 0.3) is 0 Å². The highest BCUT2D eigenvalue weighted by molar-refractivity contribution is 9.10. The molecule has 6 heteroatoms. The minimum absolute atomic E-state index is 0.196. The highest BCUT2D eigenvalue weighted by Crippen LogP contribution is 2.30. The predicted octanol–water partition coefficient (Wildman–Crippen LogP) is 3.23. The van der Waals surface area contributed by atoms with Crippen molar-refractivity contribution in [1.29, 1.82) is 0 Å². The first-order valence-electron chi connectivity index (χ1n) is 7.66. The third-order valence-electron chi connectivity index (χ3n) is 4.56. The van der Waals surface area contributed by atoms with Crippen molar-refractivity contribution in [2.24, 2.45) is 5.41 Å². The van der Waals surface area contributed by atoms with Crippen molar-refractivity contribution in [3.05, 3.63) is 34.3 Å². The standard InChI is InChI=1S/C17H23BrN2O3/c1-16(2,12-5-4-6-13(18)9-12)10-19-15(23)20-8-7-17(3,11-20)14(21)22/h4-6,9H,7-8,10-11H2,1-3H3,(H,19,23)(H,21,22). The minimum Gasteiger partial charge on any atom is -0.481 e. The van der Waals surface area contributed by atoms with Gasteiger partial charge in [-0.3, -0.25) is 4.79 Å². The number of likely N-dealkylation sites (tertiary alicyclic amines) is 1. The van der Waals surface area contributed by atoms with Crippen molar-refractivity contribution >= 4 is 27.9 Å². The van der Waals surface area contributed by atoms with Crippen molar-refractivity contribution < 1.29 is 14.7 Å². The molecule has 0 aliphatic carbocycles. The molecule has 1 unspecified atom stereocenters. The zero-order valence-electron chi connectivity index (χ0n) is 13.7. The van der Waals surface area contributed by atoms with Crippen LogP contribution in [0.3, 0.4) is 0 Å². The number of nitrogens with zero attached hydrogens (tertiary/aromatic N) is 1. The van der Waals surface area contributed by atoms with E-state index in [4.69, 9.17) is 0 Å². The van der Waals surface area contributed by atoms with Crippen molar-refractivity contribution in [2.75, 3.05) is 19.6 Å². The number of amides is 2. The normalized spacial score (nSPS) is 21.3. The number of urea groups is 1. The van der Waals surface area contributed by atoms with E-state index in [2.05, 4.69) is 35.1 Å². The molecule has 0 radical (unpaired) electrons. The lowest BCUT2D eigenvalue weighted by Gasteiger charge is -2.28. The summed E-state index contributed by atoms with van der Waals surface area (Å²) in [5, 5.41) is 12.2. The molecule has 5 nitrogen and oxygen atoms in total. The molecular weight excluding hydrogens is 360 g/mol. The van der Waals surface area contributed by atoms with E-state index in [1.807, 2.05) is 24.3 Å². The van der Waals surface area contributed by atoms with Crippen LogP contribution in [0, 0.1) is 5.41 Å². The molecule has 1 aliphatic heterocycles. The lowest BCUT2D eigenvalue weighted by Crippen LogP contribution is -2.45. The quantitative estimate of drug-likeness (QED) is 0.839. The molecule has 0 saturated carbocycles. The van der Waals surface area contributed by atoms with Crippen LogP contribution in [0.5, 0.6) is 0 Å². The lowest BCUT2D eigenvalue weighted by atomic mass is 9.85. The molecule has 126 valence electrons. The molecular formula is C17H23BrN2O3. The van der Waals surface area contributed by atoms with E-state index in [1.54, 1.807) is 11.8 Å². The van der Waals surface area contributed by atoms with E-state index in [0.717, 1.165) is 10.0 Å². The molecule has 1 heterocycles. The maximum Gasteiger partial charge on any atom is 0.317 e. The monoisotopic (exact) mass is 382 g/mol. The van der Waals surface area contributed by atoms with Crippen LogP contribution in [-0.2, 0) is 10.2 Å². The Balaban J connectivity index is 1.95. The third kappa shape index (κ3) is 4.05. The smallest absolute Gasteiger partial charge is 0.317 e. The summed E-state index contributed by atoms with van der Waals surface area (Å²) in [6, 6.07) is 7.83. The van der Waals surface area contributed by atoms with E-state index in [0.29, 0.717) is 19.5 Å². The number of carboxylic acids is 1. The second kappa shape index (κ2) is 6.51. The van der Waals surface area contributed by atoms with Gasteiger partial charge in [0.1, 0.15) is 0 Å². The molecule has 23 heavy (non-hydrogen) atoms. The zero-order valence-corrected chi connectivity index (χ0v) is 15.3. The van der Waals surface area contributed by atoms with Crippen LogP contribution in [0.2, 0.25) is 0 Å². The van der Waals surface area contributed by atoms with Crippen LogP contribution in [-0.4, -0.2) is 41.6 Å². The van der Waals surface area contributed by atoms with E-state index in [1.165, 1.54) is 0 Å². The van der Waals surface area contributed by atoms with E-state index in [9.17, 15) is 14.7 Å². The zero-order chi connectivity index (χ0) is 17.3. The van der Waals surface area contributed by atoms with Gasteiger partial charge < -0.3 is 15.3 Å². The Bertz CT molecular complexity index is 618. The first-order chi connectivity index (χ1) is 10.6. The van der Waals surface area contributed by atoms with Crippen LogP contribution in [0.1, 0.15) is 32.8 Å². The molecule has 1 saturated heterocycles. The van der Waals surface area contributed by atoms with Crippen LogP contribution in [0.15, 0.2) is 28.7 Å². The summed E-state index contributed by atoms with van der Waals surface area (Å²) < 4.78 is 1.01. The second-order valence-corrected chi connectivity index (χ2v) is 8.01. The Kier molecular flexibility index (Phi) is 5.04. The summed E-state index contributed by atoms with van der Waals surface area (Å²) >= 11 is 3.46. The van der Waals surface area contributed by atoms with Gasteiger partial charge in [0.2, 0.25) is 0 Å². The fraction of sp³-hybridized carbons (Fsp3) is 0.529. The van der Waals surface area contributed by atoms with Gasteiger partial charge in [-0.1, -0.05) is 41.9 Å². The Morgan fingerprint density at radius 2 is 2.13 bits per heavy atom. The summed E-state index contributed by atoms with van der Waals surface area (Å²) in [4.78, 5) is 25.2. The second-order valence-electron chi connectivity index (χ2n) is 7.09. The number of benzene rings is 1. The van der Waals surface area contributed by atoms with Gasteiger partial charge in [0.05, 0.1) is 5.41 Å². The SMILES string of the molecule is CC1(C(=O)O)CCN(C(=O)NCC(C)(C)c2cccc(Br)c2)C1. The molecule has 0 spiro atoms. The molecule has 2 rings (SSSR count). The largest absolute Gasteiger partial charge is 0.481 e. The van der Waals surface area contributed by atoms with Gasteiger partial charge in [0.15, 0.2) is 0 Å². The molecule has 1 aliphatic rings. The van der Waals surface area contributed by atoms with Gasteiger partial charge in [-0.25, -0.2) is 4.79 Å². The summed E-state index contributed by atoms with van der Waals surface area (Å²) in [6.07, 6.45) is 0.491. The van der Waals surface area contributed by atoms with E-state index in [-0.39, 0.29) is 18.0 Å². The number of nitrogens with one attached hydrogen (secondary N) is 1. The fourth-order valence-corrected chi connectivity index (χ4v) is 3.13. The Morgan fingerprint density at radius 1 is 1.43 bits per heavy atom. The molecule has 1 fully saturated rings. The van der Waals surface area contributed by atoms with Gasteiger partial charge in [-0.05, 0) is 31.0 Å². The Morgan fingerprint density at radius 3 is 2.70 bits per heavy atom. The van der Waals surface area contributed by atoms with Crippen LogP contribution < -0.4 is 5.32 Å². The van der Waals surface area contributed by atoms with Gasteiger partial charge in [0.25, 0.3) is 0 Å². The Labute approximate surface area is 145 Å². The first kappa shape index (κ1) is 17.8. The number of carbonyl (C=O) groups excluding carboxylic acids is 1. The maximum absolute atomic E-state index is 12.3. The van der Waals surface area contributed by atoms with Crippen molar-refractivity contribution in [1.82, 2.24) is 10.2 Å². The number of hydrogen-bond acceptors (Lipinski definition) is 2. The molecule has 1 aromatic rings. The topological polar surface area (TPSA) is 69.6 Å². The number of hydrogen-bond donors (Lipinski definition) is 2. The summed E-state index contributed by atoms with van der Waals surface area (Å²) in [7, 11) is 0. The highest BCUT2D eigenvalue weighted by Gasteiger charge is 2.42. The maximum atomic E-state index is 12.3. The molecule has 0 bridgehead atoms. The summed E-state index contributed by atoms with van der Waals surface area (Å²) in [6.45, 7) is 7.05. The van der Waals surface area contributed by atoms with Gasteiger partial charge in [0, 0.05) is 29.5 Å². The number of halogens is 1. The average molecular weight is 383 g/mol. The average Bonchev–Trinajstić information content (AvgIpc) is 2.89. The summed E-state index contributed by atoms with van der Waals surface area (Å²) in [5.41, 5.74) is 0.0795. The minimum atomic E-state index is -0.845. The third-order valence-corrected chi connectivity index (χ3v) is 5.06. The van der Waals surface area contributed by atoms with Crippen molar-refractivity contribution in [3.8, 4) is 0 Å². The van der Waals surface area contributed by atoms with Gasteiger partial charge in [-0.15, -0.1) is 0 Å².